The molecule has 0 unspecified atom stereocenters. The molecule has 1 aromatic carbocycles. The van der Waals surface area contributed by atoms with E-state index in [-0.39, 0.29) is 0 Å². The minimum absolute atomic E-state index is 0.373. The Bertz CT molecular complexity index is 1130. The van der Waals surface area contributed by atoms with Crippen molar-refractivity contribution in [1.29, 1.82) is 0 Å². The number of benzene rings is 1. The van der Waals surface area contributed by atoms with Crippen molar-refractivity contribution in [2.45, 2.75) is 29.4 Å². The van der Waals surface area contributed by atoms with E-state index < -0.39 is 0 Å². The van der Waals surface area contributed by atoms with Crippen molar-refractivity contribution in [3.8, 4) is 0 Å². The largest absolute Gasteiger partial charge is 0.382 e. The lowest BCUT2D eigenvalue weighted by Gasteiger charge is -2.07. The van der Waals surface area contributed by atoms with Gasteiger partial charge in [-0.1, -0.05) is 23.2 Å². The number of rotatable bonds is 5. The van der Waals surface area contributed by atoms with E-state index in [1.54, 1.807) is 11.3 Å². The molecule has 3 heterocycles. The number of imidazole rings is 1. The van der Waals surface area contributed by atoms with Crippen LogP contribution in [0, 0.1) is 0 Å². The van der Waals surface area contributed by atoms with Gasteiger partial charge in [0.25, 0.3) is 0 Å². The standard InChI is InChI=1S/C17H15ClN6S2/c1-9(2)6-7-24-15-12(14(19)20-8-21-15)23-16(24)26-17-22-11-5-3-4-10(18)13(11)25-17/h3-5,8H,1,6-7H2,2H3,(H2,19,20,21). The summed E-state index contributed by atoms with van der Waals surface area (Å²) in [5.74, 6) is 0.373. The molecule has 0 aliphatic rings. The summed E-state index contributed by atoms with van der Waals surface area (Å²) in [5, 5.41) is 1.49. The average Bonchev–Trinajstić information content (AvgIpc) is 3.16. The van der Waals surface area contributed by atoms with Crippen LogP contribution in [0.5, 0.6) is 0 Å². The van der Waals surface area contributed by atoms with Gasteiger partial charge in [0, 0.05) is 6.54 Å². The van der Waals surface area contributed by atoms with Crippen molar-refractivity contribution in [2.75, 3.05) is 5.73 Å². The molecule has 3 aromatic heterocycles. The Hall–Kier alpha value is -2.16. The number of nitrogens with zero attached hydrogens (tertiary/aromatic N) is 5. The minimum atomic E-state index is 0.373. The third-order valence-corrected chi connectivity index (χ3v) is 6.40. The van der Waals surface area contributed by atoms with Gasteiger partial charge in [-0.05, 0) is 37.2 Å². The Morgan fingerprint density at radius 1 is 1.35 bits per heavy atom. The van der Waals surface area contributed by atoms with Crippen molar-refractivity contribution in [2.24, 2.45) is 0 Å². The Morgan fingerprint density at radius 3 is 2.96 bits per heavy atom. The predicted molar refractivity (Wildman–Crippen MR) is 108 cm³/mol. The van der Waals surface area contributed by atoms with E-state index in [4.69, 9.17) is 17.3 Å². The van der Waals surface area contributed by atoms with Gasteiger partial charge in [-0.25, -0.2) is 19.9 Å². The van der Waals surface area contributed by atoms with Crippen LogP contribution < -0.4 is 5.73 Å². The first-order valence-corrected chi connectivity index (χ1v) is 9.88. The van der Waals surface area contributed by atoms with Crippen LogP contribution in [0.25, 0.3) is 21.4 Å². The molecule has 26 heavy (non-hydrogen) atoms. The summed E-state index contributed by atoms with van der Waals surface area (Å²) in [6.07, 6.45) is 2.29. The van der Waals surface area contributed by atoms with Crippen molar-refractivity contribution >= 4 is 61.9 Å². The van der Waals surface area contributed by atoms with Gasteiger partial charge in [-0.15, -0.1) is 17.9 Å². The van der Waals surface area contributed by atoms with Crippen molar-refractivity contribution in [3.05, 3.63) is 41.7 Å². The van der Waals surface area contributed by atoms with Gasteiger partial charge >= 0.3 is 0 Å². The molecule has 0 bridgehead atoms. The first kappa shape index (κ1) is 17.3. The van der Waals surface area contributed by atoms with E-state index in [1.165, 1.54) is 18.1 Å². The zero-order valence-electron chi connectivity index (χ0n) is 13.9. The smallest absolute Gasteiger partial charge is 0.177 e. The Balaban J connectivity index is 1.78. The summed E-state index contributed by atoms with van der Waals surface area (Å²) in [7, 11) is 0. The Labute approximate surface area is 163 Å². The number of anilines is 1. The molecule has 2 N–H and O–H groups in total. The van der Waals surface area contributed by atoms with Gasteiger partial charge in [-0.2, -0.15) is 0 Å². The number of aryl methyl sites for hydroxylation is 1. The highest BCUT2D eigenvalue weighted by Gasteiger charge is 2.18. The molecule has 0 aliphatic carbocycles. The molecule has 0 saturated heterocycles. The zero-order valence-corrected chi connectivity index (χ0v) is 16.3. The number of fused-ring (bicyclic) bond motifs is 2. The summed E-state index contributed by atoms with van der Waals surface area (Å²) >= 11 is 9.30. The van der Waals surface area contributed by atoms with Crippen LogP contribution in [0.4, 0.5) is 5.82 Å². The van der Waals surface area contributed by atoms with Gasteiger partial charge in [0.15, 0.2) is 26.5 Å². The number of halogens is 1. The Kier molecular flexibility index (Phi) is 4.56. The van der Waals surface area contributed by atoms with Crippen molar-refractivity contribution in [3.63, 3.8) is 0 Å². The molecule has 6 nitrogen and oxygen atoms in total. The highest BCUT2D eigenvalue weighted by atomic mass is 35.5. The summed E-state index contributed by atoms with van der Waals surface area (Å²) in [4.78, 5) is 17.7. The zero-order chi connectivity index (χ0) is 18.3. The molecule has 0 spiro atoms. The normalized spacial score (nSPS) is 11.5. The quantitative estimate of drug-likeness (QED) is 0.483. The van der Waals surface area contributed by atoms with E-state index in [0.29, 0.717) is 16.4 Å². The molecule has 0 saturated carbocycles. The number of thiazole rings is 1. The molecular weight excluding hydrogens is 388 g/mol. The maximum Gasteiger partial charge on any atom is 0.177 e. The fourth-order valence-corrected chi connectivity index (χ4v) is 4.89. The summed E-state index contributed by atoms with van der Waals surface area (Å²) in [6.45, 7) is 6.70. The van der Waals surface area contributed by atoms with Crippen LogP contribution in [0.1, 0.15) is 13.3 Å². The lowest BCUT2D eigenvalue weighted by molar-refractivity contribution is 0.644. The lowest BCUT2D eigenvalue weighted by atomic mass is 10.2. The van der Waals surface area contributed by atoms with Gasteiger partial charge in [-0.3, -0.25) is 0 Å². The second kappa shape index (κ2) is 6.86. The third-order valence-electron chi connectivity index (χ3n) is 3.81. The van der Waals surface area contributed by atoms with Crippen LogP contribution in [-0.2, 0) is 6.54 Å². The number of hydrogen-bond acceptors (Lipinski definition) is 7. The van der Waals surface area contributed by atoms with E-state index in [9.17, 15) is 0 Å². The molecule has 0 fully saturated rings. The van der Waals surface area contributed by atoms with Gasteiger partial charge < -0.3 is 10.3 Å². The number of nitrogen functional groups attached to an aromatic ring is 1. The summed E-state index contributed by atoms with van der Waals surface area (Å²) < 4.78 is 3.88. The number of allylic oxidation sites excluding steroid dienone is 1. The molecule has 4 aromatic rings. The minimum Gasteiger partial charge on any atom is -0.382 e. The molecule has 0 aliphatic heterocycles. The summed E-state index contributed by atoms with van der Waals surface area (Å²) in [6, 6.07) is 5.72. The van der Waals surface area contributed by atoms with E-state index >= 15 is 0 Å². The van der Waals surface area contributed by atoms with Gasteiger partial charge in [0.2, 0.25) is 0 Å². The molecular formula is C17H15ClN6S2. The second-order valence-corrected chi connectivity index (χ2v) is 8.47. The monoisotopic (exact) mass is 402 g/mol. The maximum absolute atomic E-state index is 6.27. The second-order valence-electron chi connectivity index (χ2n) is 5.85. The fraction of sp³-hybridized carbons (Fsp3) is 0.176. The average molecular weight is 403 g/mol. The molecule has 9 heteroatoms. The number of hydrogen-bond donors (Lipinski definition) is 1. The van der Waals surface area contributed by atoms with E-state index in [2.05, 4.69) is 26.5 Å². The third kappa shape index (κ3) is 3.15. The first-order chi connectivity index (χ1) is 12.5. The van der Waals surface area contributed by atoms with Crippen LogP contribution in [0.3, 0.4) is 0 Å². The van der Waals surface area contributed by atoms with Gasteiger partial charge in [0.1, 0.15) is 6.33 Å². The Morgan fingerprint density at radius 2 is 2.19 bits per heavy atom. The van der Waals surface area contributed by atoms with Crippen molar-refractivity contribution < 1.29 is 0 Å². The summed E-state index contributed by atoms with van der Waals surface area (Å²) in [5.41, 5.74) is 9.29. The van der Waals surface area contributed by atoms with E-state index in [1.807, 2.05) is 29.7 Å². The topological polar surface area (TPSA) is 82.5 Å². The molecule has 0 atom stereocenters. The number of aromatic nitrogens is 5. The number of nitrogens with two attached hydrogens (primary N) is 1. The van der Waals surface area contributed by atoms with Crippen LogP contribution in [0.2, 0.25) is 5.02 Å². The van der Waals surface area contributed by atoms with Crippen LogP contribution in [0.15, 0.2) is 46.2 Å². The van der Waals surface area contributed by atoms with Crippen LogP contribution in [-0.4, -0.2) is 24.5 Å². The molecule has 4 rings (SSSR count). The fourth-order valence-electron chi connectivity index (χ4n) is 2.53. The SMILES string of the molecule is C=C(C)CCn1c(Sc2nc3cccc(Cl)c3s2)nc2c(N)ncnc21. The predicted octanol–water partition coefficient (Wildman–Crippen LogP) is 4.79. The highest BCUT2D eigenvalue weighted by Crippen LogP contribution is 2.38. The van der Waals surface area contributed by atoms with Crippen LogP contribution >= 0.6 is 34.7 Å². The van der Waals surface area contributed by atoms with Crippen molar-refractivity contribution in [1.82, 2.24) is 24.5 Å². The first-order valence-electron chi connectivity index (χ1n) is 7.87. The molecule has 0 radical (unpaired) electrons. The maximum atomic E-state index is 6.27. The molecule has 132 valence electrons. The van der Waals surface area contributed by atoms with Gasteiger partial charge in [0.05, 0.1) is 15.2 Å². The highest BCUT2D eigenvalue weighted by molar-refractivity contribution is 8.01. The van der Waals surface area contributed by atoms with E-state index in [0.717, 1.165) is 43.9 Å². The molecule has 0 amide bonds. The lowest BCUT2D eigenvalue weighted by Crippen LogP contribution is -2.02.